The van der Waals surface area contributed by atoms with Gasteiger partial charge in [0.05, 0.1) is 16.8 Å². The summed E-state index contributed by atoms with van der Waals surface area (Å²) in [5.74, 6) is 0.212. The van der Waals surface area contributed by atoms with Crippen LogP contribution in [0.3, 0.4) is 0 Å². The first-order valence-electron chi connectivity index (χ1n) is 7.57. The van der Waals surface area contributed by atoms with E-state index in [4.69, 9.17) is 27.9 Å². The Balaban J connectivity index is 1.59. The van der Waals surface area contributed by atoms with Crippen LogP contribution in [0, 0.1) is 0 Å². The highest BCUT2D eigenvalue weighted by atomic mass is 35.5. The predicted octanol–water partition coefficient (Wildman–Crippen LogP) is 3.44. The van der Waals surface area contributed by atoms with Crippen molar-refractivity contribution in [3.63, 3.8) is 0 Å². The highest BCUT2D eigenvalue weighted by Crippen LogP contribution is 2.27. The molecule has 2 N–H and O–H groups in total. The molecule has 1 fully saturated rings. The molecule has 1 saturated heterocycles. The molecular formula is C16H16Cl2N4O2. The minimum atomic E-state index is -0.269. The Bertz CT molecular complexity index is 719. The summed E-state index contributed by atoms with van der Waals surface area (Å²) >= 11 is 12.0. The number of amides is 1. The van der Waals surface area contributed by atoms with Crippen molar-refractivity contribution in [3.8, 4) is 0 Å². The molecule has 1 amide bonds. The lowest BCUT2D eigenvalue weighted by Gasteiger charge is -2.10. The van der Waals surface area contributed by atoms with Crippen LogP contribution in [0.5, 0.6) is 0 Å². The maximum atomic E-state index is 12.0. The van der Waals surface area contributed by atoms with Gasteiger partial charge < -0.3 is 15.4 Å². The number of halogens is 2. The van der Waals surface area contributed by atoms with Gasteiger partial charge in [-0.15, -0.1) is 10.2 Å². The van der Waals surface area contributed by atoms with Gasteiger partial charge in [0.1, 0.15) is 0 Å². The first-order chi connectivity index (χ1) is 11.6. The molecule has 0 saturated carbocycles. The monoisotopic (exact) mass is 366 g/mol. The number of carbonyl (C=O) groups excluding carboxylic acids is 1. The van der Waals surface area contributed by atoms with E-state index in [0.717, 1.165) is 19.4 Å². The standard InChI is InChI=1S/C16H16Cl2N4O2/c17-10-3-4-13(12(18)8-10)20-15-6-5-14(21-22-15)16(23)19-9-11-2-1-7-24-11/h3-6,8,11H,1-2,7,9H2,(H,19,23)(H,20,22). The van der Waals surface area contributed by atoms with E-state index in [1.54, 1.807) is 30.3 Å². The molecule has 24 heavy (non-hydrogen) atoms. The third-order valence-corrected chi connectivity index (χ3v) is 4.15. The van der Waals surface area contributed by atoms with Crippen LogP contribution in [0.4, 0.5) is 11.5 Å². The molecule has 2 aromatic rings. The van der Waals surface area contributed by atoms with E-state index in [-0.39, 0.29) is 17.7 Å². The third-order valence-electron chi connectivity index (χ3n) is 3.61. The second-order valence-electron chi connectivity index (χ2n) is 5.40. The average Bonchev–Trinajstić information content (AvgIpc) is 3.09. The number of hydrogen-bond acceptors (Lipinski definition) is 5. The molecule has 8 heteroatoms. The van der Waals surface area contributed by atoms with Crippen LogP contribution in [0.2, 0.25) is 10.0 Å². The van der Waals surface area contributed by atoms with Crippen molar-refractivity contribution in [2.45, 2.75) is 18.9 Å². The summed E-state index contributed by atoms with van der Waals surface area (Å²) in [5, 5.41) is 14.8. The highest BCUT2D eigenvalue weighted by molar-refractivity contribution is 6.36. The van der Waals surface area contributed by atoms with Gasteiger partial charge in [0.15, 0.2) is 11.5 Å². The number of benzene rings is 1. The van der Waals surface area contributed by atoms with Crippen molar-refractivity contribution in [1.29, 1.82) is 0 Å². The largest absolute Gasteiger partial charge is 0.376 e. The van der Waals surface area contributed by atoms with Gasteiger partial charge in [0, 0.05) is 18.2 Å². The highest BCUT2D eigenvalue weighted by Gasteiger charge is 2.17. The van der Waals surface area contributed by atoms with Gasteiger partial charge in [-0.3, -0.25) is 4.79 Å². The lowest BCUT2D eigenvalue weighted by molar-refractivity contribution is 0.0853. The van der Waals surface area contributed by atoms with Gasteiger partial charge in [0.25, 0.3) is 5.91 Å². The SMILES string of the molecule is O=C(NCC1CCCO1)c1ccc(Nc2ccc(Cl)cc2Cl)nn1. The first-order valence-corrected chi connectivity index (χ1v) is 8.33. The van der Waals surface area contributed by atoms with Crippen molar-refractivity contribution < 1.29 is 9.53 Å². The van der Waals surface area contributed by atoms with E-state index in [1.807, 2.05) is 0 Å². The van der Waals surface area contributed by atoms with E-state index in [1.165, 1.54) is 0 Å². The smallest absolute Gasteiger partial charge is 0.271 e. The van der Waals surface area contributed by atoms with Crippen LogP contribution < -0.4 is 10.6 Å². The summed E-state index contributed by atoms with van der Waals surface area (Å²) in [5.41, 5.74) is 0.909. The Morgan fingerprint density at radius 3 is 2.79 bits per heavy atom. The molecule has 0 bridgehead atoms. The molecule has 1 aliphatic heterocycles. The Hall–Kier alpha value is -1.89. The third kappa shape index (κ3) is 4.35. The molecule has 0 spiro atoms. The molecule has 6 nitrogen and oxygen atoms in total. The lowest BCUT2D eigenvalue weighted by atomic mass is 10.2. The Kier molecular flexibility index (Phi) is 5.50. The van der Waals surface area contributed by atoms with Gasteiger partial charge in [-0.25, -0.2) is 0 Å². The van der Waals surface area contributed by atoms with Crippen molar-refractivity contribution in [1.82, 2.24) is 15.5 Å². The number of hydrogen-bond donors (Lipinski definition) is 2. The van der Waals surface area contributed by atoms with Crippen molar-refractivity contribution in [2.75, 3.05) is 18.5 Å². The van der Waals surface area contributed by atoms with E-state index in [9.17, 15) is 4.79 Å². The van der Waals surface area contributed by atoms with E-state index < -0.39 is 0 Å². The second kappa shape index (κ2) is 7.79. The maximum absolute atomic E-state index is 12.0. The summed E-state index contributed by atoms with van der Waals surface area (Å²) in [6, 6.07) is 8.36. The van der Waals surface area contributed by atoms with E-state index in [0.29, 0.717) is 28.1 Å². The number of nitrogens with one attached hydrogen (secondary N) is 2. The number of ether oxygens (including phenoxy) is 1. The Morgan fingerprint density at radius 2 is 2.12 bits per heavy atom. The first kappa shape index (κ1) is 17.0. The van der Waals surface area contributed by atoms with Crippen molar-refractivity contribution >= 4 is 40.6 Å². The fourth-order valence-electron chi connectivity index (χ4n) is 2.35. The topological polar surface area (TPSA) is 76.1 Å². The summed E-state index contributed by atoms with van der Waals surface area (Å²) < 4.78 is 5.46. The molecule has 0 radical (unpaired) electrons. The van der Waals surface area contributed by atoms with E-state index >= 15 is 0 Å². The molecule has 3 rings (SSSR count). The van der Waals surface area contributed by atoms with Gasteiger partial charge >= 0.3 is 0 Å². The van der Waals surface area contributed by atoms with Crippen LogP contribution in [0.15, 0.2) is 30.3 Å². The van der Waals surface area contributed by atoms with Crippen molar-refractivity contribution in [2.24, 2.45) is 0 Å². The average molecular weight is 367 g/mol. The van der Waals surface area contributed by atoms with Crippen LogP contribution in [-0.2, 0) is 4.74 Å². The van der Waals surface area contributed by atoms with Crippen LogP contribution in [-0.4, -0.2) is 35.4 Å². The van der Waals surface area contributed by atoms with Gasteiger partial charge in [-0.05, 0) is 43.2 Å². The fourth-order valence-corrected chi connectivity index (χ4v) is 2.81. The Labute approximate surface area is 149 Å². The normalized spacial score (nSPS) is 16.8. The molecule has 2 heterocycles. The zero-order chi connectivity index (χ0) is 16.9. The van der Waals surface area contributed by atoms with Gasteiger partial charge in [-0.1, -0.05) is 23.2 Å². The van der Waals surface area contributed by atoms with E-state index in [2.05, 4.69) is 20.8 Å². The summed E-state index contributed by atoms with van der Waals surface area (Å²) in [6.07, 6.45) is 2.10. The zero-order valence-corrected chi connectivity index (χ0v) is 14.3. The van der Waals surface area contributed by atoms with Crippen LogP contribution >= 0.6 is 23.2 Å². The van der Waals surface area contributed by atoms with Crippen molar-refractivity contribution in [3.05, 3.63) is 46.1 Å². The molecule has 1 aromatic heterocycles. The maximum Gasteiger partial charge on any atom is 0.271 e. The number of aromatic nitrogens is 2. The summed E-state index contributed by atoms with van der Waals surface area (Å²) in [4.78, 5) is 12.0. The summed E-state index contributed by atoms with van der Waals surface area (Å²) in [7, 11) is 0. The molecule has 1 aromatic carbocycles. The second-order valence-corrected chi connectivity index (χ2v) is 6.24. The molecule has 1 atom stereocenters. The number of carbonyl (C=O) groups is 1. The molecule has 1 aliphatic rings. The molecule has 126 valence electrons. The molecule has 0 aliphatic carbocycles. The fraction of sp³-hybridized carbons (Fsp3) is 0.312. The van der Waals surface area contributed by atoms with Crippen LogP contribution in [0.1, 0.15) is 23.3 Å². The van der Waals surface area contributed by atoms with Crippen LogP contribution in [0.25, 0.3) is 0 Å². The quantitative estimate of drug-likeness (QED) is 0.847. The van der Waals surface area contributed by atoms with Gasteiger partial charge in [0.2, 0.25) is 0 Å². The molecular weight excluding hydrogens is 351 g/mol. The minimum Gasteiger partial charge on any atom is -0.376 e. The zero-order valence-electron chi connectivity index (χ0n) is 12.8. The van der Waals surface area contributed by atoms with Gasteiger partial charge in [-0.2, -0.15) is 0 Å². The Morgan fingerprint density at radius 1 is 1.25 bits per heavy atom. The lowest BCUT2D eigenvalue weighted by Crippen LogP contribution is -2.32. The number of nitrogens with zero attached hydrogens (tertiary/aromatic N) is 2. The number of rotatable bonds is 5. The predicted molar refractivity (Wildman–Crippen MR) is 93.1 cm³/mol. The summed E-state index contributed by atoms with van der Waals surface area (Å²) in [6.45, 7) is 1.24. The molecule has 1 unspecified atom stereocenters. The minimum absolute atomic E-state index is 0.0925. The number of anilines is 2.